The van der Waals surface area contributed by atoms with Gasteiger partial charge in [-0.2, -0.15) is 0 Å². The van der Waals surface area contributed by atoms with E-state index in [1.807, 2.05) is 13.8 Å². The molecule has 0 unspecified atom stereocenters. The normalized spacial score (nSPS) is 15.3. The SMILES string of the molecule is CCCOc1ccc(/C=C2\C(=O)NC(=O)N(c3ccc(Cl)c(Cl)c3)C2=O)cc1OCC. The number of urea groups is 1. The summed E-state index contributed by atoms with van der Waals surface area (Å²) in [4.78, 5) is 38.6. The summed E-state index contributed by atoms with van der Waals surface area (Å²) in [7, 11) is 0. The molecule has 2 aromatic rings. The van der Waals surface area contributed by atoms with Crippen LogP contribution in [0.25, 0.3) is 6.08 Å². The van der Waals surface area contributed by atoms with Crippen LogP contribution >= 0.6 is 23.2 Å². The number of barbiturate groups is 1. The van der Waals surface area contributed by atoms with Gasteiger partial charge >= 0.3 is 6.03 Å². The monoisotopic (exact) mass is 462 g/mol. The number of hydrogen-bond acceptors (Lipinski definition) is 5. The molecule has 0 bridgehead atoms. The van der Waals surface area contributed by atoms with Gasteiger partial charge in [-0.15, -0.1) is 0 Å². The van der Waals surface area contributed by atoms with Gasteiger partial charge in [0, 0.05) is 0 Å². The average molecular weight is 463 g/mol. The Morgan fingerprint density at radius 3 is 2.42 bits per heavy atom. The van der Waals surface area contributed by atoms with Crippen molar-refractivity contribution in [3.8, 4) is 11.5 Å². The van der Waals surface area contributed by atoms with Gasteiger partial charge < -0.3 is 9.47 Å². The minimum Gasteiger partial charge on any atom is -0.490 e. The predicted octanol–water partition coefficient (Wildman–Crippen LogP) is 4.85. The Balaban J connectivity index is 1.97. The Kier molecular flexibility index (Phi) is 7.20. The molecule has 1 aliphatic heterocycles. The molecule has 0 aliphatic carbocycles. The van der Waals surface area contributed by atoms with Crippen LogP contribution in [0.3, 0.4) is 0 Å². The van der Waals surface area contributed by atoms with Crippen LogP contribution in [0.15, 0.2) is 42.0 Å². The summed E-state index contributed by atoms with van der Waals surface area (Å²) in [5, 5.41) is 2.62. The highest BCUT2D eigenvalue weighted by Gasteiger charge is 2.37. The summed E-state index contributed by atoms with van der Waals surface area (Å²) >= 11 is 11.9. The Morgan fingerprint density at radius 2 is 1.74 bits per heavy atom. The van der Waals surface area contributed by atoms with Gasteiger partial charge in [0.05, 0.1) is 28.9 Å². The molecule has 2 aromatic carbocycles. The lowest BCUT2D eigenvalue weighted by atomic mass is 10.1. The Hall–Kier alpha value is -3.03. The van der Waals surface area contributed by atoms with Crippen molar-refractivity contribution in [3.63, 3.8) is 0 Å². The van der Waals surface area contributed by atoms with Gasteiger partial charge in [0.1, 0.15) is 5.57 Å². The first-order chi connectivity index (χ1) is 14.8. The third kappa shape index (κ3) is 5.00. The molecule has 4 amide bonds. The molecule has 1 saturated heterocycles. The summed E-state index contributed by atoms with van der Waals surface area (Å²) in [6.07, 6.45) is 2.23. The summed E-state index contributed by atoms with van der Waals surface area (Å²) in [5.41, 5.74) is 0.512. The fraction of sp³-hybridized carbons (Fsp3) is 0.227. The lowest BCUT2D eigenvalue weighted by Crippen LogP contribution is -2.54. The second-order valence-electron chi connectivity index (χ2n) is 6.54. The van der Waals surface area contributed by atoms with Crippen LogP contribution in [0, 0.1) is 0 Å². The third-order valence-electron chi connectivity index (χ3n) is 4.30. The van der Waals surface area contributed by atoms with Gasteiger partial charge in [0.2, 0.25) is 0 Å². The van der Waals surface area contributed by atoms with E-state index in [0.29, 0.717) is 30.3 Å². The molecule has 1 heterocycles. The van der Waals surface area contributed by atoms with E-state index in [1.54, 1.807) is 18.2 Å². The van der Waals surface area contributed by atoms with Crippen LogP contribution in [-0.4, -0.2) is 31.1 Å². The number of nitrogens with one attached hydrogen (secondary N) is 1. The van der Waals surface area contributed by atoms with E-state index >= 15 is 0 Å². The maximum Gasteiger partial charge on any atom is 0.335 e. The molecule has 31 heavy (non-hydrogen) atoms. The molecule has 9 heteroatoms. The van der Waals surface area contributed by atoms with Crippen LogP contribution in [-0.2, 0) is 9.59 Å². The molecule has 0 atom stereocenters. The molecule has 1 aliphatic rings. The maximum absolute atomic E-state index is 13.0. The number of anilines is 1. The molecule has 3 rings (SSSR count). The van der Waals surface area contributed by atoms with Crippen molar-refractivity contribution in [3.05, 3.63) is 57.6 Å². The number of carbonyl (C=O) groups excluding carboxylic acids is 3. The van der Waals surface area contributed by atoms with E-state index in [0.717, 1.165) is 11.3 Å². The van der Waals surface area contributed by atoms with E-state index < -0.39 is 17.8 Å². The molecule has 7 nitrogen and oxygen atoms in total. The number of halogens is 2. The zero-order chi connectivity index (χ0) is 22.5. The molecule has 1 N–H and O–H groups in total. The first kappa shape index (κ1) is 22.7. The van der Waals surface area contributed by atoms with E-state index in [9.17, 15) is 14.4 Å². The zero-order valence-electron chi connectivity index (χ0n) is 16.9. The Bertz CT molecular complexity index is 1070. The van der Waals surface area contributed by atoms with Crippen molar-refractivity contribution in [2.45, 2.75) is 20.3 Å². The molecule has 0 spiro atoms. The fourth-order valence-corrected chi connectivity index (χ4v) is 3.19. The van der Waals surface area contributed by atoms with Crippen molar-refractivity contribution >= 4 is 52.8 Å². The van der Waals surface area contributed by atoms with Crippen molar-refractivity contribution in [2.75, 3.05) is 18.1 Å². The standard InChI is InChI=1S/C22H20Cl2N2O5/c1-3-9-31-18-8-5-13(11-19(18)30-4-2)10-15-20(27)25-22(29)26(21(15)28)14-6-7-16(23)17(24)12-14/h5-8,10-12H,3-4,9H2,1-2H3,(H,25,27,29)/b15-10+. The minimum atomic E-state index is -0.871. The van der Waals surface area contributed by atoms with E-state index in [-0.39, 0.29) is 21.3 Å². The quantitative estimate of drug-likeness (QED) is 0.469. The number of ether oxygens (including phenoxy) is 2. The van der Waals surface area contributed by atoms with Crippen molar-refractivity contribution < 1.29 is 23.9 Å². The molecular formula is C22H20Cl2N2O5. The maximum atomic E-state index is 13.0. The highest BCUT2D eigenvalue weighted by molar-refractivity contribution is 6.43. The third-order valence-corrected chi connectivity index (χ3v) is 5.04. The zero-order valence-corrected chi connectivity index (χ0v) is 18.4. The number of imide groups is 2. The van der Waals surface area contributed by atoms with Crippen LogP contribution in [0.4, 0.5) is 10.5 Å². The first-order valence-corrected chi connectivity index (χ1v) is 10.4. The van der Waals surface area contributed by atoms with Gasteiger partial charge in [-0.05, 0) is 55.3 Å². The molecule has 1 fully saturated rings. The van der Waals surface area contributed by atoms with E-state index in [2.05, 4.69) is 5.32 Å². The highest BCUT2D eigenvalue weighted by Crippen LogP contribution is 2.31. The second kappa shape index (κ2) is 9.85. The number of carbonyl (C=O) groups is 3. The minimum absolute atomic E-state index is 0.172. The molecule has 0 saturated carbocycles. The van der Waals surface area contributed by atoms with Gasteiger partial charge in [0.25, 0.3) is 11.8 Å². The molecule has 0 aromatic heterocycles. The van der Waals surface area contributed by atoms with Crippen molar-refractivity contribution in [2.24, 2.45) is 0 Å². The predicted molar refractivity (Wildman–Crippen MR) is 119 cm³/mol. The van der Waals surface area contributed by atoms with Crippen LogP contribution in [0.1, 0.15) is 25.8 Å². The Labute approximate surface area is 189 Å². The summed E-state index contributed by atoms with van der Waals surface area (Å²) in [5.74, 6) is -0.517. The summed E-state index contributed by atoms with van der Waals surface area (Å²) in [6, 6.07) is 8.50. The van der Waals surface area contributed by atoms with Gasteiger partial charge in [-0.1, -0.05) is 36.2 Å². The average Bonchev–Trinajstić information content (AvgIpc) is 2.73. The van der Waals surface area contributed by atoms with Gasteiger partial charge in [-0.25, -0.2) is 9.69 Å². The van der Waals surface area contributed by atoms with Gasteiger partial charge in [-0.3, -0.25) is 14.9 Å². The highest BCUT2D eigenvalue weighted by atomic mass is 35.5. The topological polar surface area (TPSA) is 84.9 Å². The number of rotatable bonds is 7. The number of amides is 4. The molecule has 0 radical (unpaired) electrons. The second-order valence-corrected chi connectivity index (χ2v) is 7.36. The smallest absolute Gasteiger partial charge is 0.335 e. The van der Waals surface area contributed by atoms with E-state index in [1.165, 1.54) is 24.3 Å². The first-order valence-electron chi connectivity index (χ1n) is 9.61. The fourth-order valence-electron chi connectivity index (χ4n) is 2.90. The van der Waals surface area contributed by atoms with Crippen LogP contribution in [0.5, 0.6) is 11.5 Å². The summed E-state index contributed by atoms with van der Waals surface area (Å²) in [6.45, 7) is 4.78. The summed E-state index contributed by atoms with van der Waals surface area (Å²) < 4.78 is 11.3. The molecule has 162 valence electrons. The molecular weight excluding hydrogens is 443 g/mol. The Morgan fingerprint density at radius 1 is 0.968 bits per heavy atom. The number of nitrogens with zero attached hydrogens (tertiary/aromatic N) is 1. The van der Waals surface area contributed by atoms with Crippen LogP contribution < -0.4 is 19.7 Å². The number of hydrogen-bond donors (Lipinski definition) is 1. The lowest BCUT2D eigenvalue weighted by Gasteiger charge is -2.26. The van der Waals surface area contributed by atoms with Crippen molar-refractivity contribution in [1.29, 1.82) is 0 Å². The van der Waals surface area contributed by atoms with E-state index in [4.69, 9.17) is 32.7 Å². The van der Waals surface area contributed by atoms with Crippen LogP contribution in [0.2, 0.25) is 10.0 Å². The lowest BCUT2D eigenvalue weighted by molar-refractivity contribution is -0.122. The largest absolute Gasteiger partial charge is 0.490 e. The van der Waals surface area contributed by atoms with Crippen molar-refractivity contribution in [1.82, 2.24) is 5.32 Å². The number of benzene rings is 2. The van der Waals surface area contributed by atoms with Gasteiger partial charge in [0.15, 0.2) is 11.5 Å².